The molecule has 4 heteroatoms. The number of ether oxygens (including phenoxy) is 1. The van der Waals surface area contributed by atoms with E-state index in [0.29, 0.717) is 5.56 Å². The van der Waals surface area contributed by atoms with Gasteiger partial charge in [-0.05, 0) is 31.2 Å². The Morgan fingerprint density at radius 1 is 1.44 bits per heavy atom. The first kappa shape index (κ1) is 12.5. The van der Waals surface area contributed by atoms with E-state index in [0.717, 1.165) is 12.6 Å². The van der Waals surface area contributed by atoms with Crippen molar-refractivity contribution in [2.24, 2.45) is 0 Å². The maximum atomic E-state index is 10.6. The van der Waals surface area contributed by atoms with Gasteiger partial charge in [-0.2, -0.15) is 0 Å². The fourth-order valence-electron chi connectivity index (χ4n) is 1.73. The second-order valence-corrected chi connectivity index (χ2v) is 4.29. The van der Waals surface area contributed by atoms with E-state index in [1.807, 2.05) is 0 Å². The van der Waals surface area contributed by atoms with Crippen LogP contribution in [0.15, 0.2) is 42.9 Å². The molecule has 1 saturated carbocycles. The fourth-order valence-corrected chi connectivity index (χ4v) is 1.73. The molecule has 4 nitrogen and oxygen atoms in total. The van der Waals surface area contributed by atoms with E-state index in [1.165, 1.54) is 20.0 Å². The van der Waals surface area contributed by atoms with Crippen molar-refractivity contribution in [3.05, 3.63) is 48.5 Å². The molecule has 3 rings (SSSR count). The lowest BCUT2D eigenvalue weighted by molar-refractivity contribution is 0.0601. The Bertz CT molecular complexity index is 431. The summed E-state index contributed by atoms with van der Waals surface area (Å²) in [5.41, 5.74) is 0.553. The van der Waals surface area contributed by atoms with E-state index in [1.54, 1.807) is 18.5 Å². The van der Waals surface area contributed by atoms with Gasteiger partial charge >= 0.3 is 5.97 Å². The van der Waals surface area contributed by atoms with Crippen LogP contribution >= 0.6 is 0 Å². The second kappa shape index (κ2) is 6.10. The van der Waals surface area contributed by atoms with E-state index in [-0.39, 0.29) is 5.97 Å². The van der Waals surface area contributed by atoms with E-state index in [9.17, 15) is 4.79 Å². The highest BCUT2D eigenvalue weighted by Gasteiger charge is 2.26. The normalized spacial score (nSPS) is 17.1. The standard InChI is InChI=1S/C8H11N.C6H7NO2/c1-2-6-9(7-3-1)8-4-5-8;1-9-6(8)5-2-3-7-4-5/h1-3,6,8H,4-5,7H2;2-4,7H,1H3. The Balaban J connectivity index is 0.000000134. The van der Waals surface area contributed by atoms with Crippen molar-refractivity contribution in [2.75, 3.05) is 13.7 Å². The Kier molecular flexibility index (Phi) is 4.23. The smallest absolute Gasteiger partial charge is 0.339 e. The van der Waals surface area contributed by atoms with E-state index in [2.05, 4.69) is 39.0 Å². The van der Waals surface area contributed by atoms with Crippen LogP contribution in [0.4, 0.5) is 0 Å². The quantitative estimate of drug-likeness (QED) is 0.815. The molecule has 0 radical (unpaired) electrons. The number of carbonyl (C=O) groups is 1. The number of hydrogen-bond acceptors (Lipinski definition) is 3. The van der Waals surface area contributed by atoms with Gasteiger partial charge in [0.25, 0.3) is 0 Å². The lowest BCUT2D eigenvalue weighted by Gasteiger charge is -2.19. The summed E-state index contributed by atoms with van der Waals surface area (Å²) in [4.78, 5) is 15.8. The molecule has 1 fully saturated rings. The molecule has 1 aromatic heterocycles. The van der Waals surface area contributed by atoms with Crippen LogP contribution < -0.4 is 0 Å². The molecule has 1 aliphatic carbocycles. The number of H-pyrrole nitrogens is 1. The summed E-state index contributed by atoms with van der Waals surface area (Å²) in [5.74, 6) is -0.309. The van der Waals surface area contributed by atoms with Crippen molar-refractivity contribution in [3.8, 4) is 0 Å². The summed E-state index contributed by atoms with van der Waals surface area (Å²) >= 11 is 0. The topological polar surface area (TPSA) is 45.3 Å². The summed E-state index contributed by atoms with van der Waals surface area (Å²) in [7, 11) is 1.36. The van der Waals surface area contributed by atoms with Crippen LogP contribution in [0.5, 0.6) is 0 Å². The zero-order valence-electron chi connectivity index (χ0n) is 10.5. The molecule has 96 valence electrons. The molecule has 2 aliphatic rings. The minimum absolute atomic E-state index is 0.309. The monoisotopic (exact) mass is 246 g/mol. The molecule has 0 spiro atoms. The first-order valence-electron chi connectivity index (χ1n) is 6.11. The van der Waals surface area contributed by atoms with Crippen LogP contribution in [-0.4, -0.2) is 35.5 Å². The van der Waals surface area contributed by atoms with E-state index < -0.39 is 0 Å². The zero-order valence-corrected chi connectivity index (χ0v) is 10.5. The van der Waals surface area contributed by atoms with Gasteiger partial charge in [-0.25, -0.2) is 4.79 Å². The molecule has 1 aromatic rings. The van der Waals surface area contributed by atoms with Gasteiger partial charge in [0.15, 0.2) is 0 Å². The highest BCUT2D eigenvalue weighted by atomic mass is 16.5. The first-order chi connectivity index (χ1) is 8.81. The molecule has 0 saturated heterocycles. The second-order valence-electron chi connectivity index (χ2n) is 4.29. The predicted octanol–water partition coefficient (Wildman–Crippen LogP) is 2.34. The average Bonchev–Trinajstić information content (AvgIpc) is 3.15. The summed E-state index contributed by atoms with van der Waals surface area (Å²) in [6, 6.07) is 2.54. The number of allylic oxidation sites excluding steroid dienone is 2. The number of rotatable bonds is 2. The molecule has 0 unspecified atom stereocenters. The number of aromatic nitrogens is 1. The zero-order chi connectivity index (χ0) is 12.8. The third-order valence-electron chi connectivity index (χ3n) is 2.88. The largest absolute Gasteiger partial charge is 0.465 e. The molecule has 1 aliphatic heterocycles. The predicted molar refractivity (Wildman–Crippen MR) is 70.1 cm³/mol. The van der Waals surface area contributed by atoms with Gasteiger partial charge in [0.05, 0.1) is 12.7 Å². The Morgan fingerprint density at radius 3 is 2.78 bits per heavy atom. The van der Waals surface area contributed by atoms with Gasteiger partial charge in [0, 0.05) is 25.0 Å². The average molecular weight is 246 g/mol. The van der Waals surface area contributed by atoms with Gasteiger partial charge in [-0.1, -0.05) is 12.2 Å². The molecular weight excluding hydrogens is 228 g/mol. The summed E-state index contributed by atoms with van der Waals surface area (Å²) < 4.78 is 4.44. The van der Waals surface area contributed by atoms with Gasteiger partial charge < -0.3 is 14.6 Å². The van der Waals surface area contributed by atoms with E-state index >= 15 is 0 Å². The van der Waals surface area contributed by atoms with Gasteiger partial charge in [-0.15, -0.1) is 0 Å². The highest BCUT2D eigenvalue weighted by Crippen LogP contribution is 2.27. The number of carbonyl (C=O) groups excluding carboxylic acids is 1. The number of hydrogen-bond donors (Lipinski definition) is 1. The van der Waals surface area contributed by atoms with E-state index in [4.69, 9.17) is 0 Å². The number of nitrogens with one attached hydrogen (secondary N) is 1. The maximum absolute atomic E-state index is 10.6. The van der Waals surface area contributed by atoms with Crippen LogP contribution in [0.2, 0.25) is 0 Å². The van der Waals surface area contributed by atoms with Crippen LogP contribution in [0, 0.1) is 0 Å². The van der Waals surface area contributed by atoms with Gasteiger partial charge in [0.2, 0.25) is 0 Å². The third-order valence-corrected chi connectivity index (χ3v) is 2.88. The first-order valence-corrected chi connectivity index (χ1v) is 6.11. The summed E-state index contributed by atoms with van der Waals surface area (Å²) in [6.45, 7) is 1.13. The van der Waals surface area contributed by atoms with Gasteiger partial charge in [-0.3, -0.25) is 0 Å². The van der Waals surface area contributed by atoms with Crippen molar-refractivity contribution < 1.29 is 9.53 Å². The maximum Gasteiger partial charge on any atom is 0.339 e. The molecule has 1 N–H and O–H groups in total. The summed E-state index contributed by atoms with van der Waals surface area (Å²) in [5, 5.41) is 0. The molecule has 0 bridgehead atoms. The third kappa shape index (κ3) is 3.52. The Hall–Kier alpha value is -1.97. The number of aromatic amines is 1. The number of esters is 1. The van der Waals surface area contributed by atoms with Crippen LogP contribution in [-0.2, 0) is 4.74 Å². The van der Waals surface area contributed by atoms with Crippen molar-refractivity contribution in [3.63, 3.8) is 0 Å². The Labute approximate surface area is 107 Å². The van der Waals surface area contributed by atoms with Crippen LogP contribution in [0.3, 0.4) is 0 Å². The molecule has 18 heavy (non-hydrogen) atoms. The SMILES string of the molecule is C1=CCN(C2CC2)C=C1.COC(=O)c1cc[nH]c1. The molecule has 2 heterocycles. The van der Waals surface area contributed by atoms with Crippen molar-refractivity contribution in [2.45, 2.75) is 18.9 Å². The minimum atomic E-state index is -0.309. The molecular formula is C14H18N2O2. The number of nitrogens with zero attached hydrogens (tertiary/aromatic N) is 1. The molecule has 0 amide bonds. The molecule has 0 atom stereocenters. The van der Waals surface area contributed by atoms with Crippen molar-refractivity contribution in [1.29, 1.82) is 0 Å². The lowest BCUT2D eigenvalue weighted by Crippen LogP contribution is -2.20. The molecule has 0 aromatic carbocycles. The number of methoxy groups -OCH3 is 1. The minimum Gasteiger partial charge on any atom is -0.465 e. The highest BCUT2D eigenvalue weighted by molar-refractivity contribution is 5.88. The van der Waals surface area contributed by atoms with Crippen molar-refractivity contribution in [1.82, 2.24) is 9.88 Å². The van der Waals surface area contributed by atoms with Gasteiger partial charge in [0.1, 0.15) is 0 Å². The summed E-state index contributed by atoms with van der Waals surface area (Å²) in [6.07, 6.45) is 14.7. The van der Waals surface area contributed by atoms with Crippen LogP contribution in [0.1, 0.15) is 23.2 Å². The Morgan fingerprint density at radius 2 is 2.28 bits per heavy atom. The lowest BCUT2D eigenvalue weighted by atomic mass is 10.3. The van der Waals surface area contributed by atoms with Crippen molar-refractivity contribution >= 4 is 5.97 Å². The van der Waals surface area contributed by atoms with Crippen LogP contribution in [0.25, 0.3) is 0 Å². The fraction of sp³-hybridized carbons (Fsp3) is 0.357.